The van der Waals surface area contributed by atoms with E-state index in [-0.39, 0.29) is 5.78 Å². The molecule has 0 spiro atoms. The maximum Gasteiger partial charge on any atom is 0.204 e. The van der Waals surface area contributed by atoms with Gasteiger partial charge in [0.05, 0.1) is 35.6 Å². The van der Waals surface area contributed by atoms with E-state index in [1.165, 1.54) is 0 Å². The number of hydrogen-bond donors (Lipinski definition) is 1. The first-order chi connectivity index (χ1) is 16.8. The fraction of sp³-hybridized carbons (Fsp3) is 0.154. The molecule has 1 aliphatic heterocycles. The van der Waals surface area contributed by atoms with Crippen molar-refractivity contribution in [2.24, 2.45) is 0 Å². The quantitative estimate of drug-likeness (QED) is 0.404. The van der Waals surface area contributed by atoms with E-state index < -0.39 is 0 Å². The summed E-state index contributed by atoms with van der Waals surface area (Å²) in [6.07, 6.45) is 1.65. The first-order valence-electron chi connectivity index (χ1n) is 11.2. The largest absolute Gasteiger partial charge is 0.378 e. The number of nitrogens with one attached hydrogen (secondary N) is 1. The van der Waals surface area contributed by atoms with Crippen molar-refractivity contribution in [3.8, 4) is 0 Å². The highest BCUT2D eigenvalue weighted by Crippen LogP contribution is 2.31. The van der Waals surface area contributed by atoms with Crippen LogP contribution in [0.15, 0.2) is 79.1 Å². The van der Waals surface area contributed by atoms with Gasteiger partial charge in [0, 0.05) is 24.2 Å². The van der Waals surface area contributed by atoms with E-state index in [9.17, 15) is 4.79 Å². The number of ether oxygens (including phenoxy) is 1. The molecule has 0 atom stereocenters. The minimum absolute atomic E-state index is 0.0367. The van der Waals surface area contributed by atoms with Crippen molar-refractivity contribution in [1.82, 2.24) is 19.6 Å². The van der Waals surface area contributed by atoms with Crippen molar-refractivity contribution in [3.63, 3.8) is 0 Å². The number of fused-ring (bicyclic) bond motifs is 3. The summed E-state index contributed by atoms with van der Waals surface area (Å²) in [6.45, 7) is 3.09. The molecule has 0 amide bonds. The number of rotatable bonds is 5. The van der Waals surface area contributed by atoms with Crippen LogP contribution in [0.3, 0.4) is 0 Å². The van der Waals surface area contributed by atoms with Crippen molar-refractivity contribution in [1.29, 1.82) is 0 Å². The second-order valence-electron chi connectivity index (χ2n) is 8.13. The number of hydrogen-bond acceptors (Lipinski definition) is 7. The average Bonchev–Trinajstić information content (AvgIpc) is 3.40. The van der Waals surface area contributed by atoms with E-state index in [0.29, 0.717) is 35.8 Å². The number of ketones is 1. The Kier molecular flexibility index (Phi) is 5.12. The lowest BCUT2D eigenvalue weighted by molar-refractivity contribution is 0.103. The third kappa shape index (κ3) is 3.64. The molecule has 6 rings (SSSR count). The van der Waals surface area contributed by atoms with Gasteiger partial charge in [0.2, 0.25) is 5.65 Å². The van der Waals surface area contributed by atoms with E-state index >= 15 is 0 Å². The molecule has 8 heteroatoms. The standard InChI is InChI=1S/C26H22N6O2/c33-24(18-6-2-1-3-7-18)19-10-11-21-23(16-19)32-17-27-30-26(32)25(29-21)28-20-8-4-5-9-22(20)31-12-14-34-15-13-31/h1-11,16-17H,12-15H2,(H,28,29). The zero-order valence-electron chi connectivity index (χ0n) is 18.4. The molecule has 2 aromatic heterocycles. The van der Waals surface area contributed by atoms with E-state index in [1.807, 2.05) is 71.1 Å². The summed E-state index contributed by atoms with van der Waals surface area (Å²) < 4.78 is 7.37. The number of benzene rings is 3. The highest BCUT2D eigenvalue weighted by atomic mass is 16.5. The van der Waals surface area contributed by atoms with Crippen LogP contribution in [0.4, 0.5) is 17.2 Å². The van der Waals surface area contributed by atoms with Crippen molar-refractivity contribution >= 4 is 39.7 Å². The number of carbonyl (C=O) groups is 1. The first kappa shape index (κ1) is 20.3. The van der Waals surface area contributed by atoms with Crippen LogP contribution in [0, 0.1) is 0 Å². The molecule has 8 nitrogen and oxygen atoms in total. The monoisotopic (exact) mass is 450 g/mol. The third-order valence-electron chi connectivity index (χ3n) is 6.03. The van der Waals surface area contributed by atoms with Gasteiger partial charge in [-0.15, -0.1) is 10.2 Å². The molecule has 3 heterocycles. The van der Waals surface area contributed by atoms with Crippen LogP contribution < -0.4 is 10.2 Å². The third-order valence-corrected chi connectivity index (χ3v) is 6.03. The van der Waals surface area contributed by atoms with Crippen LogP contribution in [0.1, 0.15) is 15.9 Å². The van der Waals surface area contributed by atoms with Gasteiger partial charge >= 0.3 is 0 Å². The molecule has 1 N–H and O–H groups in total. The number of para-hydroxylation sites is 2. The van der Waals surface area contributed by atoms with E-state index in [2.05, 4.69) is 26.5 Å². The highest BCUT2D eigenvalue weighted by molar-refractivity contribution is 6.10. The number of aromatic nitrogens is 4. The molecule has 168 valence electrons. The van der Waals surface area contributed by atoms with Gasteiger partial charge in [0.1, 0.15) is 6.33 Å². The van der Waals surface area contributed by atoms with Crippen molar-refractivity contribution in [2.75, 3.05) is 36.5 Å². The van der Waals surface area contributed by atoms with E-state index in [1.54, 1.807) is 6.33 Å². The Morgan fingerprint density at radius 3 is 2.56 bits per heavy atom. The molecule has 0 unspecified atom stereocenters. The Morgan fingerprint density at radius 2 is 1.71 bits per heavy atom. The predicted octanol–water partition coefficient (Wildman–Crippen LogP) is 4.09. The van der Waals surface area contributed by atoms with Crippen LogP contribution in [0.2, 0.25) is 0 Å². The van der Waals surface area contributed by atoms with E-state index in [4.69, 9.17) is 9.72 Å². The summed E-state index contributed by atoms with van der Waals surface area (Å²) in [6, 6.07) is 22.9. The highest BCUT2D eigenvalue weighted by Gasteiger charge is 2.18. The fourth-order valence-electron chi connectivity index (χ4n) is 4.32. The molecule has 5 aromatic rings. The molecular formula is C26H22N6O2. The second-order valence-corrected chi connectivity index (χ2v) is 8.13. The number of carbonyl (C=O) groups excluding carboxylic acids is 1. The van der Waals surface area contributed by atoms with Gasteiger partial charge in [0.25, 0.3) is 0 Å². The van der Waals surface area contributed by atoms with Gasteiger partial charge in [0.15, 0.2) is 11.6 Å². The summed E-state index contributed by atoms with van der Waals surface area (Å²) in [5.74, 6) is 0.568. The Labute approximate surface area is 195 Å². The molecule has 1 fully saturated rings. The molecule has 0 radical (unpaired) electrons. The fourth-order valence-corrected chi connectivity index (χ4v) is 4.32. The summed E-state index contributed by atoms with van der Waals surface area (Å²) in [7, 11) is 0. The minimum atomic E-state index is -0.0367. The lowest BCUT2D eigenvalue weighted by Gasteiger charge is -2.30. The topological polar surface area (TPSA) is 84.7 Å². The van der Waals surface area contributed by atoms with Crippen molar-refractivity contribution < 1.29 is 9.53 Å². The molecule has 0 aliphatic carbocycles. The zero-order chi connectivity index (χ0) is 22.9. The van der Waals surface area contributed by atoms with Crippen LogP contribution in [-0.4, -0.2) is 51.7 Å². The van der Waals surface area contributed by atoms with Gasteiger partial charge in [-0.25, -0.2) is 4.98 Å². The maximum atomic E-state index is 13.0. The molecular weight excluding hydrogens is 428 g/mol. The van der Waals surface area contributed by atoms with Crippen LogP contribution >= 0.6 is 0 Å². The average molecular weight is 451 g/mol. The molecule has 1 saturated heterocycles. The minimum Gasteiger partial charge on any atom is -0.378 e. The Hall–Kier alpha value is -4.30. The molecule has 0 saturated carbocycles. The van der Waals surface area contributed by atoms with Crippen molar-refractivity contribution in [3.05, 3.63) is 90.3 Å². The Bertz CT molecular complexity index is 1490. The predicted molar refractivity (Wildman–Crippen MR) is 131 cm³/mol. The molecule has 34 heavy (non-hydrogen) atoms. The lowest BCUT2D eigenvalue weighted by Crippen LogP contribution is -2.36. The molecule has 1 aliphatic rings. The molecule has 0 bridgehead atoms. The smallest absolute Gasteiger partial charge is 0.204 e. The van der Waals surface area contributed by atoms with Crippen molar-refractivity contribution in [2.45, 2.75) is 0 Å². The number of morpholine rings is 1. The zero-order valence-corrected chi connectivity index (χ0v) is 18.4. The molecule has 3 aromatic carbocycles. The van der Waals surface area contributed by atoms with Crippen LogP contribution in [-0.2, 0) is 4.74 Å². The van der Waals surface area contributed by atoms with Gasteiger partial charge in [-0.05, 0) is 30.3 Å². The maximum absolute atomic E-state index is 13.0. The van der Waals surface area contributed by atoms with Crippen LogP contribution in [0.25, 0.3) is 16.7 Å². The Morgan fingerprint density at radius 1 is 0.912 bits per heavy atom. The normalized spacial score (nSPS) is 13.9. The summed E-state index contributed by atoms with van der Waals surface area (Å²) in [4.78, 5) is 20.1. The van der Waals surface area contributed by atoms with Gasteiger partial charge in [-0.1, -0.05) is 42.5 Å². The SMILES string of the molecule is O=C(c1ccccc1)c1ccc2nc(Nc3ccccc3N3CCOCC3)c3nncn3c2c1. The van der Waals surface area contributed by atoms with Crippen LogP contribution in [0.5, 0.6) is 0 Å². The van der Waals surface area contributed by atoms with E-state index in [0.717, 1.165) is 35.5 Å². The van der Waals surface area contributed by atoms with Gasteiger partial charge in [-0.2, -0.15) is 0 Å². The summed E-state index contributed by atoms with van der Waals surface area (Å²) >= 11 is 0. The Balaban J connectivity index is 1.41. The van der Waals surface area contributed by atoms with Gasteiger partial charge < -0.3 is 15.0 Å². The van der Waals surface area contributed by atoms with Gasteiger partial charge in [-0.3, -0.25) is 9.20 Å². The summed E-state index contributed by atoms with van der Waals surface area (Å²) in [5.41, 5.74) is 5.37. The lowest BCUT2D eigenvalue weighted by atomic mass is 10.0. The number of anilines is 3. The second kappa shape index (κ2) is 8.57. The summed E-state index contributed by atoms with van der Waals surface area (Å²) in [5, 5.41) is 11.9. The first-order valence-corrected chi connectivity index (χ1v) is 11.2. The number of nitrogens with zero attached hydrogens (tertiary/aromatic N) is 5.